The lowest BCUT2D eigenvalue weighted by Crippen LogP contribution is -2.41. The van der Waals surface area contributed by atoms with Crippen LogP contribution < -0.4 is 5.32 Å². The molecule has 0 aromatic heterocycles. The van der Waals surface area contributed by atoms with E-state index in [4.69, 9.17) is 5.11 Å². The van der Waals surface area contributed by atoms with Crippen LogP contribution >= 0.6 is 0 Å². The van der Waals surface area contributed by atoms with E-state index in [1.807, 2.05) is 6.92 Å². The second kappa shape index (κ2) is 7.40. The number of ketones is 1. The summed E-state index contributed by atoms with van der Waals surface area (Å²) >= 11 is 0. The molecule has 0 heterocycles. The molecule has 0 radical (unpaired) electrons. The summed E-state index contributed by atoms with van der Waals surface area (Å²) in [5, 5.41) is 11.4. The summed E-state index contributed by atoms with van der Waals surface area (Å²) in [6.45, 7) is 5.42. The van der Waals surface area contributed by atoms with Crippen LogP contribution in [0.3, 0.4) is 0 Å². The van der Waals surface area contributed by atoms with Gasteiger partial charge in [0.1, 0.15) is 0 Å². The Balaban J connectivity index is 4.15. The van der Waals surface area contributed by atoms with E-state index in [9.17, 15) is 9.59 Å². The summed E-state index contributed by atoms with van der Waals surface area (Å²) in [4.78, 5) is 22.7. The van der Waals surface area contributed by atoms with Gasteiger partial charge >= 0.3 is 0 Å². The zero-order chi connectivity index (χ0) is 11.8. The van der Waals surface area contributed by atoms with E-state index in [1.54, 1.807) is 13.8 Å². The van der Waals surface area contributed by atoms with Crippen molar-refractivity contribution in [2.24, 2.45) is 5.92 Å². The molecule has 1 amide bonds. The first-order valence-corrected chi connectivity index (χ1v) is 5.48. The Labute approximate surface area is 91.1 Å². The number of hydrogen-bond donors (Lipinski definition) is 2. The van der Waals surface area contributed by atoms with Crippen LogP contribution in [0, 0.1) is 5.92 Å². The Morgan fingerprint density at radius 2 is 1.87 bits per heavy atom. The van der Waals surface area contributed by atoms with Crippen LogP contribution in [0.25, 0.3) is 0 Å². The van der Waals surface area contributed by atoms with Gasteiger partial charge in [-0.05, 0) is 12.8 Å². The number of aliphatic hydroxyl groups is 1. The molecule has 4 nitrogen and oxygen atoms in total. The van der Waals surface area contributed by atoms with Crippen molar-refractivity contribution in [1.29, 1.82) is 0 Å². The van der Waals surface area contributed by atoms with Gasteiger partial charge in [-0.3, -0.25) is 9.59 Å². The van der Waals surface area contributed by atoms with Gasteiger partial charge in [0.05, 0.1) is 0 Å². The van der Waals surface area contributed by atoms with Crippen molar-refractivity contribution in [3.8, 4) is 0 Å². The maximum atomic E-state index is 11.4. The van der Waals surface area contributed by atoms with Crippen molar-refractivity contribution in [2.75, 3.05) is 6.61 Å². The Morgan fingerprint density at radius 3 is 2.27 bits per heavy atom. The fourth-order valence-corrected chi connectivity index (χ4v) is 1.31. The molecule has 0 aromatic carbocycles. The van der Waals surface area contributed by atoms with E-state index >= 15 is 0 Å². The summed E-state index contributed by atoms with van der Waals surface area (Å²) in [6, 6.07) is -0.0878. The highest BCUT2D eigenvalue weighted by atomic mass is 16.3. The van der Waals surface area contributed by atoms with Crippen molar-refractivity contribution in [3.63, 3.8) is 0 Å². The monoisotopic (exact) mass is 215 g/mol. The molecule has 88 valence electrons. The molecule has 0 rings (SSSR count). The molecule has 1 atom stereocenters. The van der Waals surface area contributed by atoms with E-state index in [0.717, 1.165) is 12.8 Å². The molecule has 0 aliphatic heterocycles. The summed E-state index contributed by atoms with van der Waals surface area (Å²) in [6.07, 6.45) is 2.21. The smallest absolute Gasteiger partial charge is 0.287 e. The van der Waals surface area contributed by atoms with E-state index in [2.05, 4.69) is 5.32 Å². The summed E-state index contributed by atoms with van der Waals surface area (Å²) in [7, 11) is 0. The lowest BCUT2D eigenvalue weighted by Gasteiger charge is -2.16. The average molecular weight is 215 g/mol. The van der Waals surface area contributed by atoms with Crippen molar-refractivity contribution < 1.29 is 14.7 Å². The van der Waals surface area contributed by atoms with E-state index in [-0.39, 0.29) is 18.6 Å². The number of Topliss-reactive ketones (excluding diaryl/α,β-unsaturated/α-hetero) is 1. The maximum absolute atomic E-state index is 11.4. The van der Waals surface area contributed by atoms with Gasteiger partial charge in [0.2, 0.25) is 5.78 Å². The minimum atomic E-state index is -0.531. The van der Waals surface area contributed by atoms with Crippen LogP contribution in [-0.4, -0.2) is 29.4 Å². The predicted octanol–water partition coefficient (Wildman–Crippen LogP) is 0.879. The van der Waals surface area contributed by atoms with Gasteiger partial charge in [0.15, 0.2) is 0 Å². The Hall–Kier alpha value is -0.900. The molecule has 0 bridgehead atoms. The van der Waals surface area contributed by atoms with Gasteiger partial charge in [-0.1, -0.05) is 27.2 Å². The number of amides is 1. The van der Waals surface area contributed by atoms with E-state index in [1.165, 1.54) is 0 Å². The minimum absolute atomic E-state index is 0.0286. The average Bonchev–Trinajstić information content (AvgIpc) is 2.17. The third kappa shape index (κ3) is 5.52. The number of carbonyl (C=O) groups excluding carboxylic acids is 2. The third-order valence-corrected chi connectivity index (χ3v) is 2.20. The van der Waals surface area contributed by atoms with Crippen LogP contribution in [0.15, 0.2) is 0 Å². The highest BCUT2D eigenvalue weighted by Crippen LogP contribution is 2.02. The molecule has 4 heteroatoms. The fourth-order valence-electron chi connectivity index (χ4n) is 1.31. The largest absolute Gasteiger partial charge is 0.396 e. The molecular formula is C11H21NO3. The molecule has 0 saturated heterocycles. The quantitative estimate of drug-likeness (QED) is 0.619. The van der Waals surface area contributed by atoms with E-state index < -0.39 is 11.7 Å². The lowest BCUT2D eigenvalue weighted by atomic mass is 10.1. The van der Waals surface area contributed by atoms with Crippen LogP contribution in [-0.2, 0) is 9.59 Å². The normalized spacial score (nSPS) is 12.6. The van der Waals surface area contributed by atoms with Crippen molar-refractivity contribution >= 4 is 11.7 Å². The van der Waals surface area contributed by atoms with Gasteiger partial charge in [-0.15, -0.1) is 0 Å². The first kappa shape index (κ1) is 14.1. The molecule has 0 aliphatic carbocycles. The number of hydrogen-bond acceptors (Lipinski definition) is 3. The molecule has 0 fully saturated rings. The van der Waals surface area contributed by atoms with Gasteiger partial charge in [-0.2, -0.15) is 0 Å². The van der Waals surface area contributed by atoms with Crippen molar-refractivity contribution in [1.82, 2.24) is 5.32 Å². The molecule has 15 heavy (non-hydrogen) atoms. The van der Waals surface area contributed by atoms with Crippen LogP contribution in [0.4, 0.5) is 0 Å². The summed E-state index contributed by atoms with van der Waals surface area (Å²) < 4.78 is 0. The number of carbonyl (C=O) groups is 2. The first-order valence-electron chi connectivity index (χ1n) is 5.48. The number of aliphatic hydroxyl groups excluding tert-OH is 1. The molecule has 0 aromatic rings. The molecule has 2 N–H and O–H groups in total. The second-order valence-electron chi connectivity index (χ2n) is 3.99. The van der Waals surface area contributed by atoms with Gasteiger partial charge in [0.25, 0.3) is 5.91 Å². The Kier molecular flexibility index (Phi) is 6.96. The minimum Gasteiger partial charge on any atom is -0.396 e. The third-order valence-electron chi connectivity index (χ3n) is 2.20. The standard InChI is InChI=1S/C11H21NO3/c1-4-5-9(6-7-13)12-11(15)10(14)8(2)3/h8-9,13H,4-7H2,1-3H3,(H,12,15). The summed E-state index contributed by atoms with van der Waals surface area (Å²) in [5.41, 5.74) is 0. The maximum Gasteiger partial charge on any atom is 0.287 e. The SMILES string of the molecule is CCCC(CCO)NC(=O)C(=O)C(C)C. The zero-order valence-corrected chi connectivity index (χ0v) is 9.75. The fraction of sp³-hybridized carbons (Fsp3) is 0.818. The molecule has 0 saturated carbocycles. The van der Waals surface area contributed by atoms with Gasteiger partial charge in [-0.25, -0.2) is 0 Å². The molecule has 0 spiro atoms. The van der Waals surface area contributed by atoms with Gasteiger partial charge in [0, 0.05) is 18.6 Å². The predicted molar refractivity (Wildman–Crippen MR) is 58.4 cm³/mol. The molecular weight excluding hydrogens is 194 g/mol. The van der Waals surface area contributed by atoms with Gasteiger partial charge < -0.3 is 10.4 Å². The van der Waals surface area contributed by atoms with Crippen LogP contribution in [0.1, 0.15) is 40.0 Å². The highest BCUT2D eigenvalue weighted by molar-refractivity contribution is 6.36. The first-order chi connectivity index (χ1) is 7.02. The highest BCUT2D eigenvalue weighted by Gasteiger charge is 2.20. The Bertz CT molecular complexity index is 208. The van der Waals surface area contributed by atoms with Crippen LogP contribution in [0.5, 0.6) is 0 Å². The zero-order valence-electron chi connectivity index (χ0n) is 9.75. The van der Waals surface area contributed by atoms with Crippen molar-refractivity contribution in [3.05, 3.63) is 0 Å². The second-order valence-corrected chi connectivity index (χ2v) is 3.99. The lowest BCUT2D eigenvalue weighted by molar-refractivity contribution is -0.140. The van der Waals surface area contributed by atoms with Crippen LogP contribution in [0.2, 0.25) is 0 Å². The summed E-state index contributed by atoms with van der Waals surface area (Å²) in [5.74, 6) is -1.20. The molecule has 1 unspecified atom stereocenters. The topological polar surface area (TPSA) is 66.4 Å². The number of rotatable bonds is 7. The Morgan fingerprint density at radius 1 is 1.27 bits per heavy atom. The van der Waals surface area contributed by atoms with Crippen molar-refractivity contribution in [2.45, 2.75) is 46.1 Å². The number of nitrogens with one attached hydrogen (secondary N) is 1. The molecule has 0 aliphatic rings. The van der Waals surface area contributed by atoms with E-state index in [0.29, 0.717) is 6.42 Å².